The van der Waals surface area contributed by atoms with E-state index in [2.05, 4.69) is 26.2 Å². The van der Waals surface area contributed by atoms with Crippen LogP contribution in [-0.2, 0) is 6.42 Å². The van der Waals surface area contributed by atoms with Gasteiger partial charge < -0.3 is 5.32 Å². The molecule has 2 rings (SSSR count). The number of pyridine rings is 1. The third-order valence-electron chi connectivity index (χ3n) is 2.93. The summed E-state index contributed by atoms with van der Waals surface area (Å²) in [6.45, 7) is 0. The zero-order valence-electron chi connectivity index (χ0n) is 10.3. The summed E-state index contributed by atoms with van der Waals surface area (Å²) in [7, 11) is 1.84. The lowest BCUT2D eigenvalue weighted by atomic mass is 10.00. The Labute approximate surface area is 125 Å². The molecule has 5 heteroatoms. The minimum atomic E-state index is -0.354. The van der Waals surface area contributed by atoms with Crippen molar-refractivity contribution in [1.82, 2.24) is 10.3 Å². The maximum atomic E-state index is 13.9. The van der Waals surface area contributed by atoms with Gasteiger partial charge in [0.05, 0.1) is 5.02 Å². The molecule has 0 amide bonds. The molecule has 100 valence electrons. The van der Waals surface area contributed by atoms with Crippen molar-refractivity contribution in [2.75, 3.05) is 7.05 Å². The van der Waals surface area contributed by atoms with Crippen LogP contribution in [0.3, 0.4) is 0 Å². The van der Waals surface area contributed by atoms with Gasteiger partial charge in [-0.05, 0) is 52.7 Å². The first-order valence-electron chi connectivity index (χ1n) is 5.82. The molecule has 1 aromatic heterocycles. The van der Waals surface area contributed by atoms with Crippen molar-refractivity contribution in [3.05, 3.63) is 63.1 Å². The van der Waals surface area contributed by atoms with Crippen LogP contribution in [0.4, 0.5) is 4.39 Å². The van der Waals surface area contributed by atoms with Crippen LogP contribution in [0, 0.1) is 5.82 Å². The average molecular weight is 344 g/mol. The summed E-state index contributed by atoms with van der Waals surface area (Å²) in [4.78, 5) is 4.13. The smallest absolute Gasteiger partial charge is 0.145 e. The van der Waals surface area contributed by atoms with Crippen LogP contribution in [0.5, 0.6) is 0 Å². The lowest BCUT2D eigenvalue weighted by Crippen LogP contribution is -2.19. The fourth-order valence-electron chi connectivity index (χ4n) is 1.93. The molecule has 1 N–H and O–H groups in total. The molecular formula is C14H13BrClFN2. The normalized spacial score (nSPS) is 12.4. The van der Waals surface area contributed by atoms with E-state index in [0.717, 1.165) is 10.0 Å². The molecule has 2 nitrogen and oxygen atoms in total. The predicted molar refractivity (Wildman–Crippen MR) is 78.9 cm³/mol. The fourth-order valence-corrected chi connectivity index (χ4v) is 2.51. The molecule has 1 aromatic carbocycles. The predicted octanol–water partition coefficient (Wildman–Crippen LogP) is 4.14. The first-order chi connectivity index (χ1) is 9.11. The van der Waals surface area contributed by atoms with Crippen LogP contribution in [0.15, 0.2) is 41.1 Å². The number of nitrogens with zero attached hydrogens (tertiary/aromatic N) is 1. The second kappa shape index (κ2) is 6.46. The molecule has 2 aromatic rings. The number of halogens is 3. The van der Waals surface area contributed by atoms with Crippen LogP contribution < -0.4 is 5.32 Å². The monoisotopic (exact) mass is 342 g/mol. The van der Waals surface area contributed by atoms with E-state index in [-0.39, 0.29) is 16.9 Å². The molecule has 0 spiro atoms. The number of rotatable bonds is 4. The summed E-state index contributed by atoms with van der Waals surface area (Å²) in [5, 5.41) is 3.32. The summed E-state index contributed by atoms with van der Waals surface area (Å²) in [6.07, 6.45) is 4.01. The molecule has 0 aliphatic heterocycles. The Kier molecular flexibility index (Phi) is 4.91. The van der Waals surface area contributed by atoms with Crippen molar-refractivity contribution in [3.63, 3.8) is 0 Å². The molecule has 0 radical (unpaired) electrons. The molecule has 1 unspecified atom stereocenters. The summed E-state index contributed by atoms with van der Waals surface area (Å²) < 4.78 is 14.8. The molecule has 0 aliphatic rings. The standard InChI is InChI=1S/C14H13BrClFN2/c1-18-13(10-5-11(15)8-19-7-10)6-9-3-2-4-12(16)14(9)17/h2-5,7-8,13,18H,6H2,1H3. The Balaban J connectivity index is 2.26. The van der Waals surface area contributed by atoms with Crippen LogP contribution in [0.1, 0.15) is 17.2 Å². The van der Waals surface area contributed by atoms with Gasteiger partial charge in [0, 0.05) is 22.9 Å². The zero-order valence-corrected chi connectivity index (χ0v) is 12.7. The maximum absolute atomic E-state index is 13.9. The zero-order chi connectivity index (χ0) is 13.8. The summed E-state index contributed by atoms with van der Waals surface area (Å²) >= 11 is 9.18. The van der Waals surface area contributed by atoms with Gasteiger partial charge in [0.2, 0.25) is 0 Å². The van der Waals surface area contributed by atoms with Gasteiger partial charge in [-0.3, -0.25) is 4.98 Å². The van der Waals surface area contributed by atoms with Gasteiger partial charge in [-0.15, -0.1) is 0 Å². The topological polar surface area (TPSA) is 24.9 Å². The Morgan fingerprint density at radius 3 is 2.89 bits per heavy atom. The summed E-state index contributed by atoms with van der Waals surface area (Å²) in [5.41, 5.74) is 1.59. The minimum absolute atomic E-state index is 0.0158. The van der Waals surface area contributed by atoms with Crippen molar-refractivity contribution in [1.29, 1.82) is 0 Å². The first kappa shape index (κ1) is 14.4. The summed E-state index contributed by atoms with van der Waals surface area (Å²) in [6, 6.07) is 7.01. The second-order valence-electron chi connectivity index (χ2n) is 4.19. The van der Waals surface area contributed by atoms with Crippen LogP contribution in [-0.4, -0.2) is 12.0 Å². The Morgan fingerprint density at radius 2 is 2.21 bits per heavy atom. The third-order valence-corrected chi connectivity index (χ3v) is 3.66. The second-order valence-corrected chi connectivity index (χ2v) is 5.52. The highest BCUT2D eigenvalue weighted by Gasteiger charge is 2.14. The molecular weight excluding hydrogens is 331 g/mol. The highest BCUT2D eigenvalue weighted by molar-refractivity contribution is 9.10. The van der Waals surface area contributed by atoms with Crippen LogP contribution in [0.25, 0.3) is 0 Å². The molecule has 0 bridgehead atoms. The van der Waals surface area contributed by atoms with E-state index in [9.17, 15) is 4.39 Å². The molecule has 19 heavy (non-hydrogen) atoms. The maximum Gasteiger partial charge on any atom is 0.145 e. The van der Waals surface area contributed by atoms with E-state index in [1.54, 1.807) is 30.6 Å². The van der Waals surface area contributed by atoms with Gasteiger partial charge in [-0.1, -0.05) is 23.7 Å². The summed E-state index contributed by atoms with van der Waals surface area (Å²) in [5.74, 6) is -0.354. The Hall–Kier alpha value is -0.970. The van der Waals surface area contributed by atoms with Crippen LogP contribution in [0.2, 0.25) is 5.02 Å². The highest BCUT2D eigenvalue weighted by Crippen LogP contribution is 2.24. The van der Waals surface area contributed by atoms with Crippen molar-refractivity contribution in [2.24, 2.45) is 0 Å². The molecule has 1 heterocycles. The molecule has 0 aliphatic carbocycles. The average Bonchev–Trinajstić information content (AvgIpc) is 2.40. The quantitative estimate of drug-likeness (QED) is 0.902. The van der Waals surface area contributed by atoms with Crippen LogP contribution >= 0.6 is 27.5 Å². The fraction of sp³-hybridized carbons (Fsp3) is 0.214. The highest BCUT2D eigenvalue weighted by atomic mass is 79.9. The van der Waals surface area contributed by atoms with Crippen molar-refractivity contribution < 1.29 is 4.39 Å². The van der Waals surface area contributed by atoms with E-state index in [0.29, 0.717) is 12.0 Å². The van der Waals surface area contributed by atoms with Crippen molar-refractivity contribution >= 4 is 27.5 Å². The SMILES string of the molecule is CNC(Cc1cccc(Cl)c1F)c1cncc(Br)c1. The number of aromatic nitrogens is 1. The lowest BCUT2D eigenvalue weighted by molar-refractivity contribution is 0.553. The lowest BCUT2D eigenvalue weighted by Gasteiger charge is -2.17. The van der Waals surface area contributed by atoms with E-state index in [4.69, 9.17) is 11.6 Å². The minimum Gasteiger partial charge on any atom is -0.313 e. The first-order valence-corrected chi connectivity index (χ1v) is 6.99. The number of nitrogens with one attached hydrogen (secondary N) is 1. The molecule has 0 saturated heterocycles. The Morgan fingerprint density at radius 1 is 1.42 bits per heavy atom. The number of likely N-dealkylation sites (N-methyl/N-ethyl adjacent to an activating group) is 1. The largest absolute Gasteiger partial charge is 0.313 e. The molecule has 0 fully saturated rings. The Bertz CT molecular complexity index is 577. The van der Waals surface area contributed by atoms with Gasteiger partial charge in [0.25, 0.3) is 0 Å². The van der Waals surface area contributed by atoms with Gasteiger partial charge in [-0.2, -0.15) is 0 Å². The van der Waals surface area contributed by atoms with Gasteiger partial charge in [0.1, 0.15) is 5.82 Å². The van der Waals surface area contributed by atoms with Gasteiger partial charge >= 0.3 is 0 Å². The van der Waals surface area contributed by atoms with E-state index >= 15 is 0 Å². The van der Waals surface area contributed by atoms with E-state index in [1.165, 1.54) is 0 Å². The van der Waals surface area contributed by atoms with Gasteiger partial charge in [0.15, 0.2) is 0 Å². The van der Waals surface area contributed by atoms with E-state index in [1.807, 2.05) is 13.1 Å². The number of benzene rings is 1. The number of hydrogen-bond acceptors (Lipinski definition) is 2. The molecule has 1 atom stereocenters. The van der Waals surface area contributed by atoms with Crippen molar-refractivity contribution in [2.45, 2.75) is 12.5 Å². The third kappa shape index (κ3) is 3.53. The van der Waals surface area contributed by atoms with E-state index < -0.39 is 0 Å². The van der Waals surface area contributed by atoms with Crippen molar-refractivity contribution in [3.8, 4) is 0 Å². The molecule has 0 saturated carbocycles. The number of hydrogen-bond donors (Lipinski definition) is 1. The van der Waals surface area contributed by atoms with Gasteiger partial charge in [-0.25, -0.2) is 4.39 Å².